The van der Waals surface area contributed by atoms with Crippen molar-refractivity contribution in [2.75, 3.05) is 0 Å². The zero-order valence-corrected chi connectivity index (χ0v) is 8.57. The highest BCUT2D eigenvalue weighted by atomic mass is 16.3. The number of hydrogen-bond donors (Lipinski definition) is 1. The molecule has 0 aliphatic rings. The lowest BCUT2D eigenvalue weighted by Crippen LogP contribution is -1.88. The molecule has 0 unspecified atom stereocenters. The Bertz CT molecular complexity index is 336. The summed E-state index contributed by atoms with van der Waals surface area (Å²) >= 11 is 0. The number of rotatable bonds is 3. The van der Waals surface area contributed by atoms with Crippen LogP contribution < -0.4 is 0 Å². The van der Waals surface area contributed by atoms with E-state index in [9.17, 15) is 0 Å². The summed E-state index contributed by atoms with van der Waals surface area (Å²) in [6, 6.07) is 6.88. The van der Waals surface area contributed by atoms with E-state index in [0.717, 1.165) is 17.8 Å². The van der Waals surface area contributed by atoms with Crippen LogP contribution in [0.2, 0.25) is 0 Å². The quantitative estimate of drug-likeness (QED) is 0.726. The average Bonchev–Trinajstić information content (AvgIpc) is 2.20. The average molecular weight is 189 g/mol. The van der Waals surface area contributed by atoms with Gasteiger partial charge in [0, 0.05) is 5.71 Å². The fourth-order valence-corrected chi connectivity index (χ4v) is 1.12. The first-order valence-electron chi connectivity index (χ1n) is 4.75. The van der Waals surface area contributed by atoms with Crippen LogP contribution in [0.4, 0.5) is 5.69 Å². The van der Waals surface area contributed by atoms with Crippen molar-refractivity contribution in [3.05, 3.63) is 36.4 Å². The standard InChI is InChI=1S/C12H15NO/c1-3-5-10(4-2)13-11-6-8-12(14)9-7-11/h3,5-9,14H,4H2,1-2H3/b5-3-,13-10?. The third-order valence-electron chi connectivity index (χ3n) is 1.84. The summed E-state index contributed by atoms with van der Waals surface area (Å²) in [4.78, 5) is 4.43. The predicted molar refractivity (Wildman–Crippen MR) is 60.3 cm³/mol. The number of benzene rings is 1. The summed E-state index contributed by atoms with van der Waals surface area (Å²) in [5, 5.41) is 9.09. The Kier molecular flexibility index (Phi) is 3.92. The van der Waals surface area contributed by atoms with E-state index in [1.54, 1.807) is 24.3 Å². The van der Waals surface area contributed by atoms with Gasteiger partial charge in [-0.25, -0.2) is 0 Å². The molecule has 1 rings (SSSR count). The number of phenols is 1. The van der Waals surface area contributed by atoms with Crippen LogP contribution in [0, 0.1) is 0 Å². The summed E-state index contributed by atoms with van der Waals surface area (Å²) in [5.74, 6) is 0.271. The van der Waals surface area contributed by atoms with Crippen LogP contribution in [-0.2, 0) is 0 Å². The molecule has 0 aliphatic heterocycles. The lowest BCUT2D eigenvalue weighted by atomic mass is 10.2. The van der Waals surface area contributed by atoms with E-state index < -0.39 is 0 Å². The lowest BCUT2D eigenvalue weighted by molar-refractivity contribution is 0.475. The minimum absolute atomic E-state index is 0.271. The summed E-state index contributed by atoms with van der Waals surface area (Å²) in [7, 11) is 0. The summed E-state index contributed by atoms with van der Waals surface area (Å²) in [5.41, 5.74) is 1.91. The number of aliphatic imine (C=N–C) groups is 1. The number of phenolic OH excluding ortho intramolecular Hbond substituents is 1. The van der Waals surface area contributed by atoms with Gasteiger partial charge in [0.15, 0.2) is 0 Å². The molecule has 0 saturated heterocycles. The maximum Gasteiger partial charge on any atom is 0.115 e. The van der Waals surface area contributed by atoms with Gasteiger partial charge in [-0.1, -0.05) is 13.0 Å². The molecule has 1 aromatic carbocycles. The van der Waals surface area contributed by atoms with Gasteiger partial charge in [0.2, 0.25) is 0 Å². The highest BCUT2D eigenvalue weighted by molar-refractivity contribution is 5.96. The highest BCUT2D eigenvalue weighted by Gasteiger charge is 1.92. The van der Waals surface area contributed by atoms with Crippen LogP contribution in [0.5, 0.6) is 5.75 Å². The zero-order chi connectivity index (χ0) is 10.4. The van der Waals surface area contributed by atoms with Crippen LogP contribution in [-0.4, -0.2) is 10.8 Å². The fraction of sp³-hybridized carbons (Fsp3) is 0.250. The van der Waals surface area contributed by atoms with Gasteiger partial charge in [0.25, 0.3) is 0 Å². The topological polar surface area (TPSA) is 32.6 Å². The van der Waals surface area contributed by atoms with Crippen molar-refractivity contribution in [3.63, 3.8) is 0 Å². The number of nitrogens with zero attached hydrogens (tertiary/aromatic N) is 1. The second-order valence-electron chi connectivity index (χ2n) is 2.97. The molecule has 0 heterocycles. The second-order valence-corrected chi connectivity index (χ2v) is 2.97. The van der Waals surface area contributed by atoms with Crippen LogP contribution in [0.1, 0.15) is 20.3 Å². The van der Waals surface area contributed by atoms with E-state index in [1.807, 2.05) is 19.1 Å². The van der Waals surface area contributed by atoms with E-state index in [-0.39, 0.29) is 5.75 Å². The molecular weight excluding hydrogens is 174 g/mol. The Morgan fingerprint density at radius 3 is 2.50 bits per heavy atom. The molecule has 1 N–H and O–H groups in total. The molecule has 0 spiro atoms. The Hall–Kier alpha value is -1.57. The Morgan fingerprint density at radius 2 is 2.00 bits per heavy atom. The van der Waals surface area contributed by atoms with Gasteiger partial charge in [-0.3, -0.25) is 4.99 Å². The molecule has 0 saturated carbocycles. The maximum atomic E-state index is 9.09. The first-order valence-corrected chi connectivity index (χ1v) is 4.75. The number of hydrogen-bond acceptors (Lipinski definition) is 2. The fourth-order valence-electron chi connectivity index (χ4n) is 1.12. The Morgan fingerprint density at radius 1 is 1.36 bits per heavy atom. The Labute approximate surface area is 84.6 Å². The molecule has 74 valence electrons. The molecule has 0 aliphatic carbocycles. The minimum Gasteiger partial charge on any atom is -0.508 e. The van der Waals surface area contributed by atoms with Crippen molar-refractivity contribution in [2.24, 2.45) is 4.99 Å². The smallest absolute Gasteiger partial charge is 0.115 e. The molecule has 0 radical (unpaired) electrons. The monoisotopic (exact) mass is 189 g/mol. The van der Waals surface area contributed by atoms with E-state index in [4.69, 9.17) is 5.11 Å². The van der Waals surface area contributed by atoms with Gasteiger partial charge in [-0.05, 0) is 43.7 Å². The number of allylic oxidation sites excluding steroid dienone is 2. The van der Waals surface area contributed by atoms with Crippen molar-refractivity contribution in [2.45, 2.75) is 20.3 Å². The molecule has 2 heteroatoms. The van der Waals surface area contributed by atoms with E-state index >= 15 is 0 Å². The van der Waals surface area contributed by atoms with Gasteiger partial charge < -0.3 is 5.11 Å². The molecule has 0 amide bonds. The third-order valence-corrected chi connectivity index (χ3v) is 1.84. The van der Waals surface area contributed by atoms with Crippen LogP contribution in [0.3, 0.4) is 0 Å². The second kappa shape index (κ2) is 5.22. The van der Waals surface area contributed by atoms with Gasteiger partial charge >= 0.3 is 0 Å². The number of aromatic hydroxyl groups is 1. The van der Waals surface area contributed by atoms with Gasteiger partial charge in [-0.15, -0.1) is 0 Å². The molecule has 0 fully saturated rings. The van der Waals surface area contributed by atoms with Crippen LogP contribution >= 0.6 is 0 Å². The van der Waals surface area contributed by atoms with E-state index in [0.29, 0.717) is 0 Å². The molecular formula is C12H15NO. The molecule has 0 atom stereocenters. The SMILES string of the molecule is C/C=C\C(CC)=Nc1ccc(O)cc1. The largest absolute Gasteiger partial charge is 0.508 e. The van der Waals surface area contributed by atoms with Crippen molar-refractivity contribution in [1.29, 1.82) is 0 Å². The van der Waals surface area contributed by atoms with Gasteiger partial charge in [-0.2, -0.15) is 0 Å². The van der Waals surface area contributed by atoms with Crippen LogP contribution in [0.25, 0.3) is 0 Å². The van der Waals surface area contributed by atoms with Crippen LogP contribution in [0.15, 0.2) is 41.4 Å². The summed E-state index contributed by atoms with van der Waals surface area (Å²) < 4.78 is 0. The van der Waals surface area contributed by atoms with Crippen molar-refractivity contribution in [3.8, 4) is 5.75 Å². The maximum absolute atomic E-state index is 9.09. The lowest BCUT2D eigenvalue weighted by Gasteiger charge is -1.98. The Balaban J connectivity index is 2.89. The summed E-state index contributed by atoms with van der Waals surface area (Å²) in [6.45, 7) is 4.04. The molecule has 0 aromatic heterocycles. The minimum atomic E-state index is 0.271. The molecule has 2 nitrogen and oxygen atoms in total. The molecule has 1 aromatic rings. The first kappa shape index (κ1) is 10.5. The van der Waals surface area contributed by atoms with Crippen molar-refractivity contribution < 1.29 is 5.11 Å². The van der Waals surface area contributed by atoms with E-state index in [2.05, 4.69) is 11.9 Å². The van der Waals surface area contributed by atoms with Gasteiger partial charge in [0.05, 0.1) is 5.69 Å². The third kappa shape index (κ3) is 3.05. The highest BCUT2D eigenvalue weighted by Crippen LogP contribution is 2.17. The predicted octanol–water partition coefficient (Wildman–Crippen LogP) is 3.45. The zero-order valence-electron chi connectivity index (χ0n) is 8.57. The normalized spacial score (nSPS) is 12.3. The van der Waals surface area contributed by atoms with Gasteiger partial charge in [0.1, 0.15) is 5.75 Å². The first-order chi connectivity index (χ1) is 6.76. The summed E-state index contributed by atoms with van der Waals surface area (Å²) in [6.07, 6.45) is 4.88. The molecule has 14 heavy (non-hydrogen) atoms. The molecule has 0 bridgehead atoms. The van der Waals surface area contributed by atoms with Crippen molar-refractivity contribution in [1.82, 2.24) is 0 Å². The van der Waals surface area contributed by atoms with Crippen molar-refractivity contribution >= 4 is 11.4 Å². The van der Waals surface area contributed by atoms with E-state index in [1.165, 1.54) is 0 Å².